The van der Waals surface area contributed by atoms with Gasteiger partial charge in [-0.05, 0) is 79.7 Å². The molecule has 0 unspecified atom stereocenters. The van der Waals surface area contributed by atoms with E-state index in [1.165, 1.54) is 83.9 Å². The van der Waals surface area contributed by atoms with E-state index in [2.05, 4.69) is 201 Å². The van der Waals surface area contributed by atoms with Crippen LogP contribution in [0.5, 0.6) is 0 Å². The second-order valence-corrected chi connectivity index (χ2v) is 15.4. The van der Waals surface area contributed by atoms with Crippen molar-refractivity contribution in [1.29, 1.82) is 0 Å². The fraction of sp³-hybridized carbons (Fsp3) is 0.125. The standard InChI is InChI=1S/C48H39BN2/c1-47(2)37-28-26-34(32-16-7-5-8-17-32)30-44(37)51(45-31-35(27-29-38(45)47)33-18-9-6-10-19-33)49-40-22-12-14-25-43(40)50-42-24-13-11-20-36(42)48(3,4)39-21-15-23-41(49)46(39)50/h5-31H,1-4H3. The van der Waals surface area contributed by atoms with Gasteiger partial charge in [-0.2, -0.15) is 0 Å². The number of rotatable bonds is 3. The average Bonchev–Trinajstić information content (AvgIpc) is 3.17. The van der Waals surface area contributed by atoms with E-state index in [9.17, 15) is 0 Å². The molecule has 7 aromatic carbocycles. The molecule has 3 heteroatoms. The third-order valence-corrected chi connectivity index (χ3v) is 11.9. The summed E-state index contributed by atoms with van der Waals surface area (Å²) in [5.41, 5.74) is 19.0. The minimum atomic E-state index is -0.205. The Bertz CT molecular complexity index is 2410. The lowest BCUT2D eigenvalue weighted by Crippen LogP contribution is -2.61. The van der Waals surface area contributed by atoms with Crippen molar-refractivity contribution >= 4 is 46.2 Å². The molecule has 0 spiro atoms. The molecular formula is C48H39BN2. The zero-order chi connectivity index (χ0) is 34.5. The van der Waals surface area contributed by atoms with Gasteiger partial charge in [0, 0.05) is 33.6 Å². The number of anilines is 5. The van der Waals surface area contributed by atoms with Gasteiger partial charge in [0.2, 0.25) is 0 Å². The van der Waals surface area contributed by atoms with Crippen LogP contribution >= 0.6 is 0 Å². The first kappa shape index (κ1) is 30.1. The summed E-state index contributed by atoms with van der Waals surface area (Å²) in [7, 11) is 0. The van der Waals surface area contributed by atoms with Crippen LogP contribution in [0.15, 0.2) is 164 Å². The number of nitrogens with zero attached hydrogens (tertiary/aromatic N) is 2. The van der Waals surface area contributed by atoms with Crippen LogP contribution in [0, 0.1) is 0 Å². The van der Waals surface area contributed by atoms with Gasteiger partial charge in [-0.1, -0.05) is 167 Å². The number of hydrogen-bond donors (Lipinski definition) is 0. The fourth-order valence-corrected chi connectivity index (χ4v) is 9.31. The fourth-order valence-electron chi connectivity index (χ4n) is 9.31. The van der Waals surface area contributed by atoms with Gasteiger partial charge in [0.25, 0.3) is 0 Å². The molecule has 0 fully saturated rings. The van der Waals surface area contributed by atoms with Gasteiger partial charge < -0.3 is 9.71 Å². The van der Waals surface area contributed by atoms with E-state index in [0.717, 1.165) is 0 Å². The lowest BCUT2D eigenvalue weighted by molar-refractivity contribution is 0.632. The van der Waals surface area contributed by atoms with E-state index in [1.54, 1.807) is 0 Å². The van der Waals surface area contributed by atoms with Crippen molar-refractivity contribution in [2.45, 2.75) is 38.5 Å². The van der Waals surface area contributed by atoms with Gasteiger partial charge in [-0.3, -0.25) is 0 Å². The molecule has 0 N–H and O–H groups in total. The molecule has 0 radical (unpaired) electrons. The van der Waals surface area contributed by atoms with Crippen LogP contribution in [0.2, 0.25) is 0 Å². The molecule has 7 aromatic rings. The number of benzene rings is 7. The van der Waals surface area contributed by atoms with E-state index < -0.39 is 0 Å². The maximum atomic E-state index is 2.69. The Morgan fingerprint density at radius 2 is 0.843 bits per heavy atom. The molecule has 244 valence electrons. The Morgan fingerprint density at radius 3 is 1.47 bits per heavy atom. The maximum absolute atomic E-state index is 2.69. The summed E-state index contributed by atoms with van der Waals surface area (Å²) >= 11 is 0. The smallest absolute Gasteiger partial charge is 0.332 e. The monoisotopic (exact) mass is 654 g/mol. The first-order valence-corrected chi connectivity index (χ1v) is 18.1. The number of hydrogen-bond acceptors (Lipinski definition) is 2. The van der Waals surface area contributed by atoms with Crippen LogP contribution in [0.1, 0.15) is 49.9 Å². The first-order chi connectivity index (χ1) is 24.8. The molecule has 3 aliphatic rings. The third-order valence-electron chi connectivity index (χ3n) is 11.9. The highest BCUT2D eigenvalue weighted by atomic mass is 15.2. The van der Waals surface area contributed by atoms with Gasteiger partial charge in [0.05, 0.1) is 5.69 Å². The van der Waals surface area contributed by atoms with Crippen LogP contribution in [0.4, 0.5) is 28.4 Å². The predicted molar refractivity (Wildman–Crippen MR) is 216 cm³/mol. The van der Waals surface area contributed by atoms with Crippen LogP contribution in [0.25, 0.3) is 22.3 Å². The Morgan fingerprint density at radius 1 is 0.373 bits per heavy atom. The first-order valence-electron chi connectivity index (χ1n) is 18.1. The SMILES string of the molecule is CC1(C)c2ccc(-c3ccccc3)cc2N(B2c3ccccc3N3c4ccccc4C(C)(C)c4cccc2c43)c2cc(-c3ccccc3)ccc21. The zero-order valence-corrected chi connectivity index (χ0v) is 29.6. The summed E-state index contributed by atoms with van der Waals surface area (Å²) in [6, 6.07) is 61.1. The van der Waals surface area contributed by atoms with E-state index in [1.807, 2.05) is 0 Å². The van der Waals surface area contributed by atoms with Crippen molar-refractivity contribution in [3.8, 4) is 22.3 Å². The highest BCUT2D eigenvalue weighted by Crippen LogP contribution is 2.55. The summed E-state index contributed by atoms with van der Waals surface area (Å²) in [6.07, 6.45) is 0. The molecule has 0 amide bonds. The van der Waals surface area contributed by atoms with Gasteiger partial charge >= 0.3 is 6.85 Å². The molecular weight excluding hydrogens is 615 g/mol. The second-order valence-electron chi connectivity index (χ2n) is 15.4. The molecule has 3 heterocycles. The van der Waals surface area contributed by atoms with Crippen molar-refractivity contribution in [2.24, 2.45) is 0 Å². The lowest BCUT2D eigenvalue weighted by Gasteiger charge is -2.50. The Labute approximate surface area is 301 Å². The molecule has 0 atom stereocenters. The normalized spacial score (nSPS) is 15.6. The Balaban J connectivity index is 1.30. The summed E-state index contributed by atoms with van der Waals surface area (Å²) in [6.45, 7) is 9.51. The van der Waals surface area contributed by atoms with E-state index in [4.69, 9.17) is 0 Å². The molecule has 2 nitrogen and oxygen atoms in total. The molecule has 0 aliphatic carbocycles. The van der Waals surface area contributed by atoms with E-state index in [-0.39, 0.29) is 17.7 Å². The molecule has 10 rings (SSSR count). The van der Waals surface area contributed by atoms with Gasteiger partial charge in [-0.25, -0.2) is 0 Å². The Kier molecular flexibility index (Phi) is 6.40. The van der Waals surface area contributed by atoms with Gasteiger partial charge in [0.1, 0.15) is 0 Å². The number of para-hydroxylation sites is 3. The van der Waals surface area contributed by atoms with E-state index in [0.29, 0.717) is 0 Å². The van der Waals surface area contributed by atoms with Crippen molar-refractivity contribution in [2.75, 3.05) is 9.71 Å². The van der Waals surface area contributed by atoms with Crippen LogP contribution < -0.4 is 20.6 Å². The molecule has 3 aliphatic heterocycles. The quantitative estimate of drug-likeness (QED) is 0.175. The summed E-state index contributed by atoms with van der Waals surface area (Å²) < 4.78 is 0. The van der Waals surface area contributed by atoms with Crippen molar-refractivity contribution in [3.63, 3.8) is 0 Å². The van der Waals surface area contributed by atoms with Crippen LogP contribution in [0.3, 0.4) is 0 Å². The van der Waals surface area contributed by atoms with E-state index >= 15 is 0 Å². The molecule has 51 heavy (non-hydrogen) atoms. The maximum Gasteiger partial charge on any atom is 0.332 e. The minimum Gasteiger partial charge on any atom is -0.376 e. The number of fused-ring (bicyclic) bond motifs is 6. The van der Waals surface area contributed by atoms with Gasteiger partial charge in [-0.15, -0.1) is 0 Å². The molecule has 0 saturated heterocycles. The summed E-state index contributed by atoms with van der Waals surface area (Å²) in [5, 5.41) is 0. The van der Waals surface area contributed by atoms with Crippen LogP contribution in [-0.4, -0.2) is 6.85 Å². The predicted octanol–water partition coefficient (Wildman–Crippen LogP) is 11.0. The zero-order valence-electron chi connectivity index (χ0n) is 29.6. The summed E-state index contributed by atoms with van der Waals surface area (Å²) in [4.78, 5) is 5.24. The second kappa shape index (κ2) is 10.9. The topological polar surface area (TPSA) is 6.48 Å². The highest BCUT2D eigenvalue weighted by Gasteiger charge is 2.48. The highest BCUT2D eigenvalue weighted by molar-refractivity contribution is 6.92. The largest absolute Gasteiger partial charge is 0.376 e. The molecule has 0 saturated carbocycles. The molecule has 0 aromatic heterocycles. The van der Waals surface area contributed by atoms with Crippen molar-refractivity contribution < 1.29 is 0 Å². The van der Waals surface area contributed by atoms with Crippen LogP contribution in [-0.2, 0) is 10.8 Å². The lowest BCUT2D eigenvalue weighted by atomic mass is 9.44. The third kappa shape index (κ3) is 4.24. The Hall–Kier alpha value is -5.80. The van der Waals surface area contributed by atoms with Gasteiger partial charge in [0.15, 0.2) is 0 Å². The minimum absolute atomic E-state index is 0.0564. The molecule has 0 bridgehead atoms. The summed E-state index contributed by atoms with van der Waals surface area (Å²) in [5.74, 6) is 0. The average molecular weight is 655 g/mol. The van der Waals surface area contributed by atoms with Crippen molar-refractivity contribution in [3.05, 3.63) is 186 Å². The van der Waals surface area contributed by atoms with Crippen molar-refractivity contribution in [1.82, 2.24) is 0 Å².